The third-order valence-electron chi connectivity index (χ3n) is 3.80. The van der Waals surface area contributed by atoms with Gasteiger partial charge in [-0.15, -0.1) is 0 Å². The number of benzene rings is 1. The molecular formula is C13H19NO2. The number of methoxy groups -OCH3 is 1. The van der Waals surface area contributed by atoms with Crippen LogP contribution in [0.25, 0.3) is 0 Å². The number of aliphatic hydroxyl groups is 1. The Morgan fingerprint density at radius 2 is 2.00 bits per heavy atom. The molecule has 1 unspecified atom stereocenters. The molecule has 0 aliphatic heterocycles. The quantitative estimate of drug-likeness (QED) is 0.816. The lowest BCUT2D eigenvalue weighted by Crippen LogP contribution is -2.43. The Balaban J connectivity index is 2.16. The van der Waals surface area contributed by atoms with E-state index in [-0.39, 0.29) is 18.1 Å². The van der Waals surface area contributed by atoms with Gasteiger partial charge in [0.15, 0.2) is 0 Å². The molecule has 16 heavy (non-hydrogen) atoms. The van der Waals surface area contributed by atoms with Crippen molar-refractivity contribution < 1.29 is 9.84 Å². The standard InChI is InChI=1S/C13H19NO2/c1-16-11-5-3-10(4-6-11)12(14)13(9-15)7-2-8-13/h3-6,12,15H,2,7-9,14H2,1H3. The Hall–Kier alpha value is -1.06. The Kier molecular flexibility index (Phi) is 3.17. The molecule has 0 bridgehead atoms. The monoisotopic (exact) mass is 221 g/mol. The van der Waals surface area contributed by atoms with Gasteiger partial charge in [0, 0.05) is 11.5 Å². The van der Waals surface area contributed by atoms with Crippen LogP contribution in [0.2, 0.25) is 0 Å². The van der Waals surface area contributed by atoms with Crippen molar-refractivity contribution in [3.63, 3.8) is 0 Å². The summed E-state index contributed by atoms with van der Waals surface area (Å²) in [5, 5.41) is 9.46. The Morgan fingerprint density at radius 3 is 2.38 bits per heavy atom. The normalized spacial score (nSPS) is 19.9. The van der Waals surface area contributed by atoms with E-state index < -0.39 is 0 Å². The first kappa shape index (κ1) is 11.4. The average Bonchev–Trinajstić information content (AvgIpc) is 2.28. The summed E-state index contributed by atoms with van der Waals surface area (Å²) >= 11 is 0. The molecule has 3 N–H and O–H groups in total. The van der Waals surface area contributed by atoms with Crippen LogP contribution in [0.15, 0.2) is 24.3 Å². The summed E-state index contributed by atoms with van der Waals surface area (Å²) in [5.41, 5.74) is 7.23. The van der Waals surface area contributed by atoms with Crippen molar-refractivity contribution in [2.75, 3.05) is 13.7 Å². The van der Waals surface area contributed by atoms with Gasteiger partial charge in [-0.05, 0) is 30.5 Å². The number of rotatable bonds is 4. The van der Waals surface area contributed by atoms with Crippen LogP contribution in [-0.4, -0.2) is 18.8 Å². The average molecular weight is 221 g/mol. The number of hydrogen-bond acceptors (Lipinski definition) is 3. The molecule has 0 heterocycles. The van der Waals surface area contributed by atoms with Gasteiger partial charge in [-0.3, -0.25) is 0 Å². The van der Waals surface area contributed by atoms with Crippen molar-refractivity contribution in [1.29, 1.82) is 0 Å². The highest BCUT2D eigenvalue weighted by atomic mass is 16.5. The van der Waals surface area contributed by atoms with E-state index in [9.17, 15) is 5.11 Å². The van der Waals surface area contributed by atoms with E-state index in [2.05, 4.69) is 0 Å². The molecular weight excluding hydrogens is 202 g/mol. The van der Waals surface area contributed by atoms with Crippen molar-refractivity contribution in [3.8, 4) is 5.75 Å². The molecule has 3 nitrogen and oxygen atoms in total. The lowest BCUT2D eigenvalue weighted by atomic mass is 9.63. The number of ether oxygens (including phenoxy) is 1. The van der Waals surface area contributed by atoms with Gasteiger partial charge in [-0.2, -0.15) is 0 Å². The summed E-state index contributed by atoms with van der Waals surface area (Å²) in [6, 6.07) is 7.73. The molecule has 1 atom stereocenters. The summed E-state index contributed by atoms with van der Waals surface area (Å²) in [7, 11) is 1.65. The van der Waals surface area contributed by atoms with E-state index in [0.717, 1.165) is 24.2 Å². The minimum absolute atomic E-state index is 0.0721. The lowest BCUT2D eigenvalue weighted by Gasteiger charge is -2.45. The fourth-order valence-electron chi connectivity index (χ4n) is 2.36. The molecule has 1 fully saturated rings. The van der Waals surface area contributed by atoms with Gasteiger partial charge in [0.2, 0.25) is 0 Å². The summed E-state index contributed by atoms with van der Waals surface area (Å²) in [6.45, 7) is 0.181. The molecule has 1 aromatic rings. The van der Waals surface area contributed by atoms with E-state index in [1.807, 2.05) is 24.3 Å². The molecule has 1 saturated carbocycles. The smallest absolute Gasteiger partial charge is 0.118 e. The third-order valence-corrected chi connectivity index (χ3v) is 3.80. The molecule has 3 heteroatoms. The number of aliphatic hydroxyl groups excluding tert-OH is 1. The maximum atomic E-state index is 9.46. The first-order valence-electron chi connectivity index (χ1n) is 5.72. The molecule has 88 valence electrons. The predicted octanol–water partition coefficient (Wildman–Crippen LogP) is 1.86. The van der Waals surface area contributed by atoms with Gasteiger partial charge in [-0.25, -0.2) is 0 Å². The van der Waals surface area contributed by atoms with E-state index in [1.54, 1.807) is 7.11 Å². The van der Waals surface area contributed by atoms with Crippen LogP contribution in [0.1, 0.15) is 30.9 Å². The molecule has 1 aliphatic rings. The van der Waals surface area contributed by atoms with Crippen LogP contribution in [-0.2, 0) is 0 Å². The fourth-order valence-corrected chi connectivity index (χ4v) is 2.36. The lowest BCUT2D eigenvalue weighted by molar-refractivity contribution is 0.0184. The topological polar surface area (TPSA) is 55.5 Å². The second-order valence-corrected chi connectivity index (χ2v) is 4.62. The predicted molar refractivity (Wildman–Crippen MR) is 63.3 cm³/mol. The van der Waals surface area contributed by atoms with Crippen LogP contribution in [0, 0.1) is 5.41 Å². The van der Waals surface area contributed by atoms with Crippen LogP contribution < -0.4 is 10.5 Å². The second kappa shape index (κ2) is 4.44. The van der Waals surface area contributed by atoms with Crippen molar-refractivity contribution in [2.45, 2.75) is 25.3 Å². The highest BCUT2D eigenvalue weighted by Gasteiger charge is 2.42. The summed E-state index contributed by atoms with van der Waals surface area (Å²) in [4.78, 5) is 0. The van der Waals surface area contributed by atoms with Crippen molar-refractivity contribution in [2.24, 2.45) is 11.1 Å². The minimum Gasteiger partial charge on any atom is -0.497 e. The van der Waals surface area contributed by atoms with Crippen LogP contribution in [0.5, 0.6) is 5.75 Å². The number of nitrogens with two attached hydrogens (primary N) is 1. The SMILES string of the molecule is COc1ccc(C(N)C2(CO)CCC2)cc1. The summed E-state index contributed by atoms with van der Waals surface area (Å²) < 4.78 is 5.11. The summed E-state index contributed by atoms with van der Waals surface area (Å²) in [6.07, 6.45) is 3.22. The summed E-state index contributed by atoms with van der Waals surface area (Å²) in [5.74, 6) is 0.836. The van der Waals surface area contributed by atoms with Crippen molar-refractivity contribution in [1.82, 2.24) is 0 Å². The first-order valence-corrected chi connectivity index (χ1v) is 5.72. The van der Waals surface area contributed by atoms with E-state index in [0.29, 0.717) is 0 Å². The van der Waals surface area contributed by atoms with E-state index >= 15 is 0 Å². The Morgan fingerprint density at radius 1 is 1.38 bits per heavy atom. The van der Waals surface area contributed by atoms with Crippen LogP contribution >= 0.6 is 0 Å². The molecule has 2 rings (SSSR count). The molecule has 0 spiro atoms. The highest BCUT2D eigenvalue weighted by molar-refractivity contribution is 5.30. The largest absolute Gasteiger partial charge is 0.497 e. The Labute approximate surface area is 96.2 Å². The van der Waals surface area contributed by atoms with Gasteiger partial charge in [0.1, 0.15) is 5.75 Å². The highest BCUT2D eigenvalue weighted by Crippen LogP contribution is 2.48. The van der Waals surface area contributed by atoms with Gasteiger partial charge in [0.25, 0.3) is 0 Å². The van der Waals surface area contributed by atoms with Gasteiger partial charge in [0.05, 0.1) is 13.7 Å². The zero-order chi connectivity index (χ0) is 11.6. The zero-order valence-corrected chi connectivity index (χ0v) is 9.65. The van der Waals surface area contributed by atoms with Crippen LogP contribution in [0.4, 0.5) is 0 Å². The van der Waals surface area contributed by atoms with Gasteiger partial charge < -0.3 is 15.6 Å². The fraction of sp³-hybridized carbons (Fsp3) is 0.538. The molecule has 0 aromatic heterocycles. The van der Waals surface area contributed by atoms with Crippen molar-refractivity contribution >= 4 is 0 Å². The maximum absolute atomic E-state index is 9.46. The number of hydrogen-bond donors (Lipinski definition) is 2. The van der Waals surface area contributed by atoms with E-state index in [4.69, 9.17) is 10.5 Å². The molecule has 0 amide bonds. The zero-order valence-electron chi connectivity index (χ0n) is 9.65. The van der Waals surface area contributed by atoms with Crippen molar-refractivity contribution in [3.05, 3.63) is 29.8 Å². The molecule has 1 aliphatic carbocycles. The molecule has 1 aromatic carbocycles. The van der Waals surface area contributed by atoms with Gasteiger partial charge in [-0.1, -0.05) is 18.6 Å². The first-order chi connectivity index (χ1) is 7.72. The maximum Gasteiger partial charge on any atom is 0.118 e. The van der Waals surface area contributed by atoms with E-state index in [1.165, 1.54) is 6.42 Å². The molecule has 0 radical (unpaired) electrons. The van der Waals surface area contributed by atoms with Gasteiger partial charge >= 0.3 is 0 Å². The second-order valence-electron chi connectivity index (χ2n) is 4.62. The minimum atomic E-state index is -0.0887. The van der Waals surface area contributed by atoms with Crippen LogP contribution in [0.3, 0.4) is 0 Å². The Bertz CT molecular complexity index is 338. The molecule has 0 saturated heterocycles. The third kappa shape index (κ3) is 1.81.